The van der Waals surface area contributed by atoms with Crippen LogP contribution in [0.5, 0.6) is 0 Å². The summed E-state index contributed by atoms with van der Waals surface area (Å²) >= 11 is 0.846. The van der Waals surface area contributed by atoms with Crippen molar-refractivity contribution in [1.29, 1.82) is 0 Å². The molecule has 1 rings (SSSR count). The first kappa shape index (κ1) is 10.8. The van der Waals surface area contributed by atoms with Crippen molar-refractivity contribution >= 4 is 22.4 Å². The smallest absolute Gasteiger partial charge is 0.385 e. The van der Waals surface area contributed by atoms with E-state index in [-0.39, 0.29) is 11.7 Å². The van der Waals surface area contributed by atoms with Gasteiger partial charge >= 0.3 is 11.9 Å². The van der Waals surface area contributed by atoms with Gasteiger partial charge in [-0.15, -0.1) is 11.3 Å². The fourth-order valence-electron chi connectivity index (χ4n) is 0.758. The van der Waals surface area contributed by atoms with Crippen LogP contribution in [-0.2, 0) is 15.5 Å². The number of nitrogens with zero attached hydrogens (tertiary/aromatic N) is 1. The van der Waals surface area contributed by atoms with Crippen LogP contribution in [-0.4, -0.2) is 17.6 Å². The molecule has 0 spiro atoms. The van der Waals surface area contributed by atoms with Gasteiger partial charge in [0.2, 0.25) is 0 Å². The minimum absolute atomic E-state index is 0.0102. The zero-order valence-electron chi connectivity index (χ0n) is 7.29. The van der Waals surface area contributed by atoms with Gasteiger partial charge in [0.1, 0.15) is 5.69 Å². The molecule has 1 aromatic rings. The maximum atomic E-state index is 13.2. The van der Waals surface area contributed by atoms with Gasteiger partial charge < -0.3 is 10.5 Å². The Balaban J connectivity index is 2.89. The molecule has 0 unspecified atom stereocenters. The second kappa shape index (κ2) is 3.87. The van der Waals surface area contributed by atoms with Crippen LogP contribution in [0, 0.1) is 0 Å². The van der Waals surface area contributed by atoms with Crippen molar-refractivity contribution in [3.05, 3.63) is 11.1 Å². The van der Waals surface area contributed by atoms with E-state index in [1.807, 2.05) is 0 Å². The SMILES string of the molecule is CCOC(=O)C(F)(F)c1csc(N)n1. The quantitative estimate of drug-likeness (QED) is 0.784. The number of nitrogens with two attached hydrogens (primary N) is 1. The lowest BCUT2D eigenvalue weighted by molar-refractivity contribution is -0.173. The predicted octanol–water partition coefficient (Wildman–Crippen LogP) is 1.38. The molecule has 0 aliphatic heterocycles. The first-order valence-corrected chi connectivity index (χ1v) is 4.63. The maximum Gasteiger partial charge on any atom is 0.385 e. The Morgan fingerprint density at radius 3 is 2.86 bits per heavy atom. The third-order valence-corrected chi connectivity index (χ3v) is 2.05. The Morgan fingerprint density at radius 1 is 1.79 bits per heavy atom. The summed E-state index contributed by atoms with van der Waals surface area (Å²) in [7, 11) is 0. The number of aromatic nitrogens is 1. The molecule has 7 heteroatoms. The molecule has 1 heterocycles. The number of halogens is 2. The van der Waals surface area contributed by atoms with E-state index in [0.29, 0.717) is 0 Å². The molecule has 78 valence electrons. The highest BCUT2D eigenvalue weighted by molar-refractivity contribution is 7.13. The molecule has 0 fully saturated rings. The number of hydrogen-bond donors (Lipinski definition) is 1. The Hall–Kier alpha value is -1.24. The number of thiazole rings is 1. The van der Waals surface area contributed by atoms with E-state index >= 15 is 0 Å². The summed E-state index contributed by atoms with van der Waals surface area (Å²) in [6.45, 7) is 1.34. The van der Waals surface area contributed by atoms with E-state index in [0.717, 1.165) is 16.7 Å². The molecule has 0 saturated carbocycles. The first-order valence-electron chi connectivity index (χ1n) is 3.75. The summed E-state index contributed by atoms with van der Waals surface area (Å²) in [4.78, 5) is 14.2. The summed E-state index contributed by atoms with van der Waals surface area (Å²) in [6, 6.07) is 0. The highest BCUT2D eigenvalue weighted by atomic mass is 32.1. The van der Waals surface area contributed by atoms with Crippen LogP contribution in [0.15, 0.2) is 5.38 Å². The zero-order valence-corrected chi connectivity index (χ0v) is 8.11. The molecule has 14 heavy (non-hydrogen) atoms. The van der Waals surface area contributed by atoms with E-state index in [1.165, 1.54) is 6.92 Å². The van der Waals surface area contributed by atoms with Crippen LogP contribution >= 0.6 is 11.3 Å². The van der Waals surface area contributed by atoms with Crippen molar-refractivity contribution in [2.75, 3.05) is 12.3 Å². The molecule has 0 bridgehead atoms. The van der Waals surface area contributed by atoms with Crippen molar-refractivity contribution in [2.24, 2.45) is 0 Å². The average Bonchev–Trinajstić information content (AvgIpc) is 2.52. The second-order valence-corrected chi connectivity index (χ2v) is 3.26. The number of carbonyl (C=O) groups excluding carboxylic acids is 1. The number of nitrogen functional groups attached to an aromatic ring is 1. The maximum absolute atomic E-state index is 13.2. The summed E-state index contributed by atoms with van der Waals surface area (Å²) in [5.41, 5.74) is 4.50. The second-order valence-electron chi connectivity index (χ2n) is 2.37. The Labute approximate surface area is 82.7 Å². The molecule has 1 aromatic heterocycles. The average molecular weight is 222 g/mol. The largest absolute Gasteiger partial charge is 0.461 e. The molecule has 0 radical (unpaired) electrons. The number of alkyl halides is 2. The van der Waals surface area contributed by atoms with Crippen LogP contribution in [0.1, 0.15) is 12.6 Å². The summed E-state index contributed by atoms with van der Waals surface area (Å²) in [5.74, 6) is -5.32. The molecule has 0 aliphatic rings. The topological polar surface area (TPSA) is 65.2 Å². The van der Waals surface area contributed by atoms with Crippen molar-refractivity contribution in [1.82, 2.24) is 4.98 Å². The molecule has 0 amide bonds. The van der Waals surface area contributed by atoms with Crippen LogP contribution in [0.4, 0.5) is 13.9 Å². The van der Waals surface area contributed by atoms with Gasteiger partial charge in [-0.1, -0.05) is 0 Å². The zero-order chi connectivity index (χ0) is 10.8. The van der Waals surface area contributed by atoms with E-state index in [2.05, 4.69) is 9.72 Å². The number of esters is 1. The normalized spacial score (nSPS) is 11.4. The molecule has 0 atom stereocenters. The highest BCUT2D eigenvalue weighted by Gasteiger charge is 2.44. The summed E-state index contributed by atoms with van der Waals surface area (Å²) < 4.78 is 30.5. The number of carbonyl (C=O) groups is 1. The Kier molecular flexibility index (Phi) is 3.00. The van der Waals surface area contributed by atoms with Crippen LogP contribution in [0.2, 0.25) is 0 Å². The number of rotatable bonds is 3. The van der Waals surface area contributed by atoms with Gasteiger partial charge in [0, 0.05) is 5.38 Å². The molecule has 0 aromatic carbocycles. The van der Waals surface area contributed by atoms with Gasteiger partial charge in [0.05, 0.1) is 6.61 Å². The summed E-state index contributed by atoms with van der Waals surface area (Å²) in [6.07, 6.45) is 0. The standard InChI is InChI=1S/C7H8F2N2O2S/c1-2-13-5(12)7(8,9)4-3-14-6(10)11-4/h3H,2H2,1H3,(H2,10,11). The van der Waals surface area contributed by atoms with E-state index < -0.39 is 17.6 Å². The van der Waals surface area contributed by atoms with Crippen LogP contribution < -0.4 is 5.73 Å². The van der Waals surface area contributed by atoms with Gasteiger partial charge in [-0.2, -0.15) is 8.78 Å². The van der Waals surface area contributed by atoms with Gasteiger partial charge in [-0.25, -0.2) is 9.78 Å². The lowest BCUT2D eigenvalue weighted by atomic mass is 10.3. The number of anilines is 1. The van der Waals surface area contributed by atoms with Gasteiger partial charge in [-0.05, 0) is 6.92 Å². The van der Waals surface area contributed by atoms with E-state index in [4.69, 9.17) is 5.73 Å². The minimum Gasteiger partial charge on any atom is -0.461 e. The molecule has 0 saturated heterocycles. The Bertz CT molecular complexity index is 340. The van der Waals surface area contributed by atoms with Crippen molar-refractivity contribution in [3.8, 4) is 0 Å². The van der Waals surface area contributed by atoms with Crippen molar-refractivity contribution < 1.29 is 18.3 Å². The third kappa shape index (κ3) is 1.98. The monoisotopic (exact) mass is 222 g/mol. The third-order valence-electron chi connectivity index (χ3n) is 1.38. The van der Waals surface area contributed by atoms with Crippen LogP contribution in [0.3, 0.4) is 0 Å². The minimum atomic E-state index is -3.72. The van der Waals surface area contributed by atoms with Gasteiger partial charge in [-0.3, -0.25) is 0 Å². The predicted molar refractivity (Wildman–Crippen MR) is 47.1 cm³/mol. The fraction of sp³-hybridized carbons (Fsp3) is 0.429. The van der Waals surface area contributed by atoms with Crippen molar-refractivity contribution in [2.45, 2.75) is 12.8 Å². The Morgan fingerprint density at radius 2 is 2.43 bits per heavy atom. The van der Waals surface area contributed by atoms with E-state index in [1.54, 1.807) is 0 Å². The molecular weight excluding hydrogens is 214 g/mol. The molecule has 2 N–H and O–H groups in total. The summed E-state index contributed by atoms with van der Waals surface area (Å²) in [5, 5.41) is 1.02. The number of hydrogen-bond acceptors (Lipinski definition) is 5. The lowest BCUT2D eigenvalue weighted by Crippen LogP contribution is -2.28. The first-order chi connectivity index (χ1) is 6.48. The lowest BCUT2D eigenvalue weighted by Gasteiger charge is -2.11. The fourth-order valence-corrected chi connectivity index (χ4v) is 1.34. The molecular formula is C7H8F2N2O2S. The highest BCUT2D eigenvalue weighted by Crippen LogP contribution is 2.30. The van der Waals surface area contributed by atoms with Crippen molar-refractivity contribution in [3.63, 3.8) is 0 Å². The van der Waals surface area contributed by atoms with Gasteiger partial charge in [0.25, 0.3) is 0 Å². The van der Waals surface area contributed by atoms with E-state index in [9.17, 15) is 13.6 Å². The van der Waals surface area contributed by atoms with Gasteiger partial charge in [0.15, 0.2) is 5.13 Å². The van der Waals surface area contributed by atoms with Crippen LogP contribution in [0.25, 0.3) is 0 Å². The molecule has 0 aliphatic carbocycles. The molecule has 4 nitrogen and oxygen atoms in total. The number of ether oxygens (including phenoxy) is 1.